The topological polar surface area (TPSA) is 64.0 Å². The third-order valence-electron chi connectivity index (χ3n) is 4.38. The average Bonchev–Trinajstić information content (AvgIpc) is 3.12. The van der Waals surface area contributed by atoms with Crippen molar-refractivity contribution in [1.29, 1.82) is 0 Å². The van der Waals surface area contributed by atoms with Crippen molar-refractivity contribution < 1.29 is 4.79 Å². The van der Waals surface area contributed by atoms with E-state index in [-0.39, 0.29) is 11.5 Å². The van der Waals surface area contributed by atoms with Gasteiger partial charge in [0.1, 0.15) is 5.69 Å². The zero-order valence-corrected chi connectivity index (χ0v) is 14.6. The van der Waals surface area contributed by atoms with Gasteiger partial charge in [-0.2, -0.15) is 5.10 Å². The fraction of sp³-hybridized carbons (Fsp3) is 0.500. The molecule has 1 fully saturated rings. The van der Waals surface area contributed by atoms with E-state index in [2.05, 4.69) is 10.4 Å². The smallest absolute Gasteiger partial charge is 0.266 e. The summed E-state index contributed by atoms with van der Waals surface area (Å²) in [5.41, 5.74) is 0.680. The molecule has 5 nitrogen and oxygen atoms in total. The highest BCUT2D eigenvalue weighted by Crippen LogP contribution is 2.21. The highest BCUT2D eigenvalue weighted by atomic mass is 32.1. The van der Waals surface area contributed by atoms with Crippen LogP contribution in [0.2, 0.25) is 0 Å². The van der Waals surface area contributed by atoms with Gasteiger partial charge < -0.3 is 5.32 Å². The monoisotopic (exact) mass is 345 g/mol. The molecule has 0 aromatic carbocycles. The number of nitrogens with one attached hydrogen (secondary N) is 1. The number of hydrogen-bond acceptors (Lipinski definition) is 4. The Labute approximate surface area is 145 Å². The zero-order chi connectivity index (χ0) is 16.8. The number of hydrogen-bond donors (Lipinski definition) is 1. The Hall–Kier alpha value is -1.95. The highest BCUT2D eigenvalue weighted by Gasteiger charge is 2.15. The van der Waals surface area contributed by atoms with Crippen LogP contribution in [0.1, 0.15) is 44.9 Å². The largest absolute Gasteiger partial charge is 0.353 e. The fourth-order valence-corrected chi connectivity index (χ4v) is 3.79. The van der Waals surface area contributed by atoms with E-state index >= 15 is 0 Å². The van der Waals surface area contributed by atoms with Gasteiger partial charge in [-0.1, -0.05) is 25.3 Å². The number of amides is 1. The molecular formula is C18H23N3O2S. The Morgan fingerprint density at radius 1 is 1.25 bits per heavy atom. The lowest BCUT2D eigenvalue weighted by Gasteiger charge is -2.22. The van der Waals surface area contributed by atoms with Crippen molar-refractivity contribution in [3.05, 3.63) is 40.0 Å². The van der Waals surface area contributed by atoms with Crippen LogP contribution in [0.15, 0.2) is 34.4 Å². The number of aromatic nitrogens is 2. The molecular weight excluding hydrogens is 322 g/mol. The average molecular weight is 345 g/mol. The van der Waals surface area contributed by atoms with E-state index in [1.54, 1.807) is 23.5 Å². The molecule has 0 radical (unpaired) electrons. The molecule has 1 amide bonds. The number of carbonyl (C=O) groups excluding carboxylic acids is 1. The van der Waals surface area contributed by atoms with Gasteiger partial charge in [0.15, 0.2) is 0 Å². The second kappa shape index (κ2) is 8.24. The second-order valence-corrected chi connectivity index (χ2v) is 7.21. The Bertz CT molecular complexity index is 718. The number of thiophene rings is 1. The third-order valence-corrected chi connectivity index (χ3v) is 5.28. The molecule has 1 saturated carbocycles. The van der Waals surface area contributed by atoms with Crippen LogP contribution in [0, 0.1) is 0 Å². The van der Waals surface area contributed by atoms with Crippen molar-refractivity contribution in [2.24, 2.45) is 0 Å². The zero-order valence-electron chi connectivity index (χ0n) is 13.7. The van der Waals surface area contributed by atoms with Crippen molar-refractivity contribution in [2.45, 2.75) is 57.5 Å². The quantitative estimate of drug-likeness (QED) is 0.874. The van der Waals surface area contributed by atoms with Crippen LogP contribution >= 0.6 is 11.3 Å². The molecule has 128 valence electrons. The van der Waals surface area contributed by atoms with Gasteiger partial charge in [0.25, 0.3) is 5.56 Å². The number of rotatable bonds is 6. The molecule has 3 rings (SSSR count). The number of nitrogens with zero attached hydrogens (tertiary/aromatic N) is 2. The summed E-state index contributed by atoms with van der Waals surface area (Å²) in [5.74, 6) is 0.0874. The maximum absolute atomic E-state index is 12.0. The molecule has 24 heavy (non-hydrogen) atoms. The van der Waals surface area contributed by atoms with E-state index in [1.807, 2.05) is 17.5 Å². The van der Waals surface area contributed by atoms with Crippen LogP contribution in [0.4, 0.5) is 0 Å². The van der Waals surface area contributed by atoms with E-state index in [1.165, 1.54) is 23.9 Å². The molecule has 1 N–H and O–H groups in total. The van der Waals surface area contributed by atoms with E-state index in [4.69, 9.17) is 0 Å². The molecule has 0 aliphatic heterocycles. The lowest BCUT2D eigenvalue weighted by Crippen LogP contribution is -2.36. The molecule has 2 heterocycles. The minimum absolute atomic E-state index is 0.0874. The first kappa shape index (κ1) is 16.9. The van der Waals surface area contributed by atoms with Crippen LogP contribution < -0.4 is 10.9 Å². The summed E-state index contributed by atoms with van der Waals surface area (Å²) in [6.07, 6.45) is 6.94. The van der Waals surface area contributed by atoms with E-state index < -0.39 is 0 Å². The summed E-state index contributed by atoms with van der Waals surface area (Å²) in [7, 11) is 0. The Morgan fingerprint density at radius 3 is 2.83 bits per heavy atom. The predicted molar refractivity (Wildman–Crippen MR) is 96.1 cm³/mol. The maximum atomic E-state index is 12.0. The Kier molecular flexibility index (Phi) is 5.80. The summed E-state index contributed by atoms with van der Waals surface area (Å²) < 4.78 is 1.46. The van der Waals surface area contributed by atoms with E-state index in [0.717, 1.165) is 23.4 Å². The van der Waals surface area contributed by atoms with Gasteiger partial charge in [0.2, 0.25) is 5.91 Å². The fourth-order valence-electron chi connectivity index (χ4n) is 3.10. The lowest BCUT2D eigenvalue weighted by atomic mass is 9.95. The molecule has 2 aromatic heterocycles. The van der Waals surface area contributed by atoms with Gasteiger partial charge >= 0.3 is 0 Å². The third kappa shape index (κ3) is 4.54. The van der Waals surface area contributed by atoms with E-state index in [9.17, 15) is 9.59 Å². The first-order chi connectivity index (χ1) is 11.7. The van der Waals surface area contributed by atoms with Crippen LogP contribution in [0.25, 0.3) is 10.6 Å². The van der Waals surface area contributed by atoms with Gasteiger partial charge in [0.05, 0.1) is 4.88 Å². The van der Waals surface area contributed by atoms with Gasteiger partial charge in [-0.3, -0.25) is 9.59 Å². The van der Waals surface area contributed by atoms with Crippen molar-refractivity contribution in [1.82, 2.24) is 15.1 Å². The van der Waals surface area contributed by atoms with Crippen molar-refractivity contribution in [3.63, 3.8) is 0 Å². The summed E-state index contributed by atoms with van der Waals surface area (Å²) in [5, 5.41) is 9.51. The van der Waals surface area contributed by atoms with Gasteiger partial charge in [-0.05, 0) is 36.8 Å². The van der Waals surface area contributed by atoms with Crippen LogP contribution in [-0.4, -0.2) is 21.7 Å². The maximum Gasteiger partial charge on any atom is 0.266 e. The molecule has 6 heteroatoms. The normalized spacial score (nSPS) is 15.3. The van der Waals surface area contributed by atoms with Gasteiger partial charge in [0, 0.05) is 25.1 Å². The molecule has 0 unspecified atom stereocenters. The highest BCUT2D eigenvalue weighted by molar-refractivity contribution is 7.13. The standard InChI is InChI=1S/C18H23N3O2S/c22-17(19-14-6-2-1-3-7-14)9-4-12-21-18(23)11-10-15(20-21)16-8-5-13-24-16/h5,8,10-11,13-14H,1-4,6-7,9,12H2,(H,19,22). The van der Waals surface area contributed by atoms with Crippen molar-refractivity contribution in [2.75, 3.05) is 0 Å². The van der Waals surface area contributed by atoms with Gasteiger partial charge in [-0.15, -0.1) is 11.3 Å². The minimum atomic E-state index is -0.122. The first-order valence-corrected chi connectivity index (χ1v) is 9.52. The lowest BCUT2D eigenvalue weighted by molar-refractivity contribution is -0.122. The predicted octanol–water partition coefficient (Wildman–Crippen LogP) is 3.20. The molecule has 0 atom stereocenters. The Morgan fingerprint density at radius 2 is 2.08 bits per heavy atom. The molecule has 2 aromatic rings. The Balaban J connectivity index is 1.51. The van der Waals surface area contributed by atoms with Crippen LogP contribution in [0.5, 0.6) is 0 Å². The summed E-state index contributed by atoms with van der Waals surface area (Å²) in [6.45, 7) is 0.468. The number of aryl methyl sites for hydroxylation is 1. The second-order valence-electron chi connectivity index (χ2n) is 6.26. The summed E-state index contributed by atoms with van der Waals surface area (Å²) in [4.78, 5) is 25.0. The minimum Gasteiger partial charge on any atom is -0.353 e. The molecule has 1 aliphatic rings. The van der Waals surface area contributed by atoms with Crippen LogP contribution in [0.3, 0.4) is 0 Å². The SMILES string of the molecule is O=C(CCCn1nc(-c2cccs2)ccc1=O)NC1CCCCC1. The molecule has 0 bridgehead atoms. The summed E-state index contributed by atoms with van der Waals surface area (Å²) >= 11 is 1.60. The summed E-state index contributed by atoms with van der Waals surface area (Å²) in [6, 6.07) is 7.59. The molecule has 0 saturated heterocycles. The van der Waals surface area contributed by atoms with Gasteiger partial charge in [-0.25, -0.2) is 4.68 Å². The van der Waals surface area contributed by atoms with Crippen molar-refractivity contribution in [3.8, 4) is 10.6 Å². The first-order valence-electron chi connectivity index (χ1n) is 8.64. The van der Waals surface area contributed by atoms with Crippen molar-refractivity contribution >= 4 is 17.2 Å². The molecule has 1 aliphatic carbocycles. The van der Waals surface area contributed by atoms with Crippen LogP contribution in [-0.2, 0) is 11.3 Å². The molecule has 0 spiro atoms. The number of carbonyl (C=O) groups is 1. The van der Waals surface area contributed by atoms with E-state index in [0.29, 0.717) is 25.4 Å².